The second-order valence-corrected chi connectivity index (χ2v) is 11.1. The Labute approximate surface area is 235 Å². The van der Waals surface area contributed by atoms with E-state index in [0.29, 0.717) is 0 Å². The van der Waals surface area contributed by atoms with Crippen molar-refractivity contribution in [1.29, 1.82) is 0 Å². The summed E-state index contributed by atoms with van der Waals surface area (Å²) in [5, 5.41) is 3.37. The number of anilines is 5. The van der Waals surface area contributed by atoms with Crippen LogP contribution in [0.1, 0.15) is 0 Å². The molecule has 0 radical (unpaired) electrons. The van der Waals surface area contributed by atoms with Crippen molar-refractivity contribution in [2.75, 3.05) is 16.8 Å². The second kappa shape index (κ2) is 8.53. The molecular weight excluding hydrogens is 514 g/mol. The van der Waals surface area contributed by atoms with Crippen LogP contribution in [-0.2, 0) is 14.1 Å². The molecular formula is C32H26N7S+. The zero-order valence-electron chi connectivity index (χ0n) is 22.3. The summed E-state index contributed by atoms with van der Waals surface area (Å²) in [6.45, 7) is 0. The lowest BCUT2D eigenvalue weighted by molar-refractivity contribution is -0.647. The molecule has 6 heterocycles. The molecule has 1 aliphatic rings. The first kappa shape index (κ1) is 23.0. The average Bonchev–Trinajstić information content (AvgIpc) is 3.70. The highest BCUT2D eigenvalue weighted by molar-refractivity contribution is 7.17. The zero-order chi connectivity index (χ0) is 27.0. The molecule has 0 saturated heterocycles. The highest BCUT2D eigenvalue weighted by Crippen LogP contribution is 2.50. The number of imidazole rings is 1. The first-order valence-corrected chi connectivity index (χ1v) is 14.1. The van der Waals surface area contributed by atoms with E-state index in [2.05, 4.69) is 128 Å². The molecule has 40 heavy (non-hydrogen) atoms. The van der Waals surface area contributed by atoms with Crippen LogP contribution in [0.2, 0.25) is 0 Å². The van der Waals surface area contributed by atoms with Crippen molar-refractivity contribution in [2.24, 2.45) is 14.1 Å². The molecule has 1 aliphatic heterocycles. The van der Waals surface area contributed by atoms with Crippen molar-refractivity contribution in [1.82, 2.24) is 19.5 Å². The molecule has 7 aromatic rings. The monoisotopic (exact) mass is 540 g/mol. The van der Waals surface area contributed by atoms with Crippen LogP contribution < -0.4 is 14.4 Å². The summed E-state index contributed by atoms with van der Waals surface area (Å²) in [5.41, 5.74) is 9.41. The number of nitrogens with one attached hydrogen (secondary N) is 1. The number of para-hydroxylation sites is 2. The van der Waals surface area contributed by atoms with Gasteiger partial charge in [0.05, 0.1) is 54.3 Å². The summed E-state index contributed by atoms with van der Waals surface area (Å²) in [5.74, 6) is 1.69. The van der Waals surface area contributed by atoms with Gasteiger partial charge in [0.15, 0.2) is 17.7 Å². The lowest BCUT2D eigenvalue weighted by Crippen LogP contribution is -2.26. The number of H-pyrrole nitrogens is 1. The van der Waals surface area contributed by atoms with Gasteiger partial charge >= 0.3 is 0 Å². The van der Waals surface area contributed by atoms with Crippen LogP contribution >= 0.6 is 11.3 Å². The number of aromatic nitrogens is 5. The van der Waals surface area contributed by atoms with Gasteiger partial charge in [-0.15, -0.1) is 11.3 Å². The Hall–Kier alpha value is -4.95. The number of thiophene rings is 1. The van der Waals surface area contributed by atoms with Gasteiger partial charge in [-0.3, -0.25) is 14.5 Å². The quantitative estimate of drug-likeness (QED) is 0.241. The van der Waals surface area contributed by atoms with Crippen molar-refractivity contribution in [3.63, 3.8) is 0 Å². The fraction of sp³-hybridized carbons (Fsp3) is 0.0938. The van der Waals surface area contributed by atoms with Gasteiger partial charge in [0, 0.05) is 22.7 Å². The molecule has 0 saturated carbocycles. The molecule has 0 atom stereocenters. The molecule has 8 rings (SSSR count). The highest BCUT2D eigenvalue weighted by Gasteiger charge is 2.31. The van der Waals surface area contributed by atoms with E-state index in [-0.39, 0.29) is 0 Å². The molecule has 5 aromatic heterocycles. The summed E-state index contributed by atoms with van der Waals surface area (Å²) >= 11 is 1.75. The first-order valence-electron chi connectivity index (χ1n) is 13.2. The van der Waals surface area contributed by atoms with Crippen molar-refractivity contribution in [3.05, 3.63) is 96.8 Å². The average molecular weight is 541 g/mol. The smallest absolute Gasteiger partial charge is 0.268 e. The maximum atomic E-state index is 5.31. The van der Waals surface area contributed by atoms with Crippen molar-refractivity contribution >= 4 is 61.3 Å². The number of aryl methyl sites for hydroxylation is 2. The number of hydrogen-bond donors (Lipinski definition) is 1. The number of rotatable bonds is 3. The molecule has 0 aliphatic carbocycles. The predicted octanol–water partition coefficient (Wildman–Crippen LogP) is 7.22. The number of nitrogens with zero attached hydrogens (tertiary/aromatic N) is 6. The van der Waals surface area contributed by atoms with Crippen LogP contribution in [0.5, 0.6) is 0 Å². The van der Waals surface area contributed by atoms with E-state index in [1.165, 1.54) is 10.1 Å². The van der Waals surface area contributed by atoms with Crippen LogP contribution in [0.25, 0.3) is 43.8 Å². The topological polar surface area (TPSA) is 56.9 Å². The maximum absolute atomic E-state index is 5.31. The van der Waals surface area contributed by atoms with Gasteiger partial charge in [-0.1, -0.05) is 30.3 Å². The van der Waals surface area contributed by atoms with Crippen LogP contribution in [0.3, 0.4) is 0 Å². The van der Waals surface area contributed by atoms with Crippen LogP contribution in [0, 0.1) is 0 Å². The molecule has 8 heteroatoms. The second-order valence-electron chi connectivity index (χ2n) is 10.2. The standard InChI is InChI=1S/C32H25N7S/c1-36-18-22(30-32(36)37(2)19-33-30)24-14-15-27-31(35-24)39(26-11-5-4-10-25(26)38(27)3)29-13-7-9-23(34-29)20-8-6-12-28-21(20)16-17-40-28/h4-19H,1-3H3/p+1. The van der Waals surface area contributed by atoms with E-state index in [4.69, 9.17) is 9.97 Å². The Bertz CT molecular complexity index is 2080. The van der Waals surface area contributed by atoms with Gasteiger partial charge in [-0.2, -0.15) is 0 Å². The van der Waals surface area contributed by atoms with Gasteiger partial charge in [-0.25, -0.2) is 14.5 Å². The molecule has 0 bridgehead atoms. The molecule has 1 N–H and O–H groups in total. The maximum Gasteiger partial charge on any atom is 0.268 e. The van der Waals surface area contributed by atoms with Gasteiger partial charge in [0.25, 0.3) is 5.65 Å². The predicted molar refractivity (Wildman–Crippen MR) is 163 cm³/mol. The lowest BCUT2D eigenvalue weighted by Gasteiger charge is -2.37. The third-order valence-electron chi connectivity index (χ3n) is 7.81. The van der Waals surface area contributed by atoms with Crippen molar-refractivity contribution in [3.8, 4) is 22.5 Å². The minimum Gasteiger partial charge on any atom is -0.340 e. The zero-order valence-corrected chi connectivity index (χ0v) is 23.1. The molecule has 7 nitrogen and oxygen atoms in total. The Morgan fingerprint density at radius 3 is 2.50 bits per heavy atom. The van der Waals surface area contributed by atoms with Crippen molar-refractivity contribution in [2.45, 2.75) is 0 Å². The van der Waals surface area contributed by atoms with E-state index in [0.717, 1.165) is 62.4 Å². The number of fused-ring (bicyclic) bond motifs is 4. The highest BCUT2D eigenvalue weighted by atomic mass is 32.1. The summed E-state index contributed by atoms with van der Waals surface area (Å²) < 4.78 is 5.49. The first-order chi connectivity index (χ1) is 19.6. The Balaban J connectivity index is 1.34. The fourth-order valence-electron chi connectivity index (χ4n) is 5.95. The Morgan fingerprint density at radius 1 is 0.775 bits per heavy atom. The van der Waals surface area contributed by atoms with E-state index in [1.807, 2.05) is 13.4 Å². The van der Waals surface area contributed by atoms with E-state index >= 15 is 0 Å². The number of hydrogen-bond acceptors (Lipinski definition) is 5. The molecule has 194 valence electrons. The fourth-order valence-corrected chi connectivity index (χ4v) is 6.76. The minimum atomic E-state index is 0.834. The third-order valence-corrected chi connectivity index (χ3v) is 8.69. The number of benzene rings is 2. The normalized spacial score (nSPS) is 12.8. The minimum absolute atomic E-state index is 0.834. The molecule has 2 aromatic carbocycles. The Kier molecular flexibility index (Phi) is 4.90. The summed E-state index contributed by atoms with van der Waals surface area (Å²) in [6, 6.07) is 27.6. The van der Waals surface area contributed by atoms with E-state index in [9.17, 15) is 0 Å². The SMILES string of the molecule is CN1c2ccccc2N(c2cccc(-c3cccc4sccc34)n2)c2nc(-c3cn(C)c4c3[nH]c[n+]4C)ccc21. The summed E-state index contributed by atoms with van der Waals surface area (Å²) in [6.07, 6.45) is 4.12. The van der Waals surface area contributed by atoms with Gasteiger partial charge < -0.3 is 4.90 Å². The van der Waals surface area contributed by atoms with Crippen LogP contribution in [-0.4, -0.2) is 26.6 Å². The Morgan fingerprint density at radius 2 is 1.60 bits per heavy atom. The number of pyridine rings is 2. The van der Waals surface area contributed by atoms with E-state index < -0.39 is 0 Å². The van der Waals surface area contributed by atoms with E-state index in [1.54, 1.807) is 11.3 Å². The molecule has 0 spiro atoms. The molecule has 0 unspecified atom stereocenters. The third kappa shape index (κ3) is 3.26. The lowest BCUT2D eigenvalue weighted by atomic mass is 10.1. The summed E-state index contributed by atoms with van der Waals surface area (Å²) in [4.78, 5) is 18.4. The van der Waals surface area contributed by atoms with Gasteiger partial charge in [0.1, 0.15) is 5.82 Å². The number of aromatic amines is 1. The molecule has 0 amide bonds. The van der Waals surface area contributed by atoms with Gasteiger partial charge in [0.2, 0.25) is 0 Å². The summed E-state index contributed by atoms with van der Waals surface area (Å²) in [7, 11) is 6.22. The molecule has 0 fully saturated rings. The van der Waals surface area contributed by atoms with Crippen LogP contribution in [0.4, 0.5) is 28.7 Å². The van der Waals surface area contributed by atoms with Gasteiger partial charge in [-0.05, 0) is 53.9 Å². The largest absolute Gasteiger partial charge is 0.340 e. The van der Waals surface area contributed by atoms with Crippen LogP contribution in [0.15, 0.2) is 96.8 Å². The van der Waals surface area contributed by atoms with Crippen molar-refractivity contribution < 1.29 is 4.57 Å².